The summed E-state index contributed by atoms with van der Waals surface area (Å²) >= 11 is 0. The van der Waals surface area contributed by atoms with E-state index in [0.29, 0.717) is 31.8 Å². The van der Waals surface area contributed by atoms with Gasteiger partial charge in [-0.2, -0.15) is 0 Å². The normalized spacial score (nSPS) is 10.4. The molecule has 0 radical (unpaired) electrons. The number of carbonyl (C=O) groups is 3. The molecule has 0 aliphatic rings. The van der Waals surface area contributed by atoms with Crippen LogP contribution in [0.2, 0.25) is 0 Å². The van der Waals surface area contributed by atoms with E-state index in [1.165, 1.54) is 4.90 Å². The molecule has 0 saturated heterocycles. The summed E-state index contributed by atoms with van der Waals surface area (Å²) in [5.41, 5.74) is 0.980. The van der Waals surface area contributed by atoms with Crippen molar-refractivity contribution in [2.75, 3.05) is 26.2 Å². The molecule has 1 aromatic heterocycles. The smallest absolute Gasteiger partial charge is 0.325 e. The Hall–Kier alpha value is -3.29. The molecule has 8 heteroatoms. The number of ether oxygens (including phenoxy) is 1. The number of urea groups is 1. The van der Waals surface area contributed by atoms with E-state index in [0.717, 1.165) is 11.3 Å². The van der Waals surface area contributed by atoms with Crippen LogP contribution < -0.4 is 5.32 Å². The van der Waals surface area contributed by atoms with Gasteiger partial charge in [-0.15, -0.1) is 0 Å². The van der Waals surface area contributed by atoms with E-state index in [1.54, 1.807) is 11.8 Å². The fourth-order valence-electron chi connectivity index (χ4n) is 3.05. The van der Waals surface area contributed by atoms with Gasteiger partial charge in [-0.25, -0.2) is 4.79 Å². The van der Waals surface area contributed by atoms with Crippen LogP contribution in [0.15, 0.2) is 46.9 Å². The zero-order chi connectivity index (χ0) is 22.6. The lowest BCUT2D eigenvalue weighted by atomic mass is 10.2. The van der Waals surface area contributed by atoms with Crippen molar-refractivity contribution >= 4 is 17.9 Å². The lowest BCUT2D eigenvalue weighted by Crippen LogP contribution is -2.47. The maximum Gasteiger partial charge on any atom is 0.325 e. The van der Waals surface area contributed by atoms with E-state index in [9.17, 15) is 14.4 Å². The number of nitrogens with zero attached hydrogens (tertiary/aromatic N) is 2. The Bertz CT molecular complexity index is 850. The summed E-state index contributed by atoms with van der Waals surface area (Å²) in [7, 11) is 0. The van der Waals surface area contributed by atoms with E-state index in [2.05, 4.69) is 5.32 Å². The fraction of sp³-hybridized carbons (Fsp3) is 0.435. The second-order valence-corrected chi connectivity index (χ2v) is 7.13. The molecular formula is C23H31N3O5. The Morgan fingerprint density at radius 2 is 1.74 bits per heavy atom. The Morgan fingerprint density at radius 1 is 1.00 bits per heavy atom. The molecule has 2 rings (SSSR count). The van der Waals surface area contributed by atoms with Crippen molar-refractivity contribution in [3.05, 3.63) is 59.5 Å². The lowest BCUT2D eigenvalue weighted by Gasteiger charge is -2.27. The number of esters is 1. The number of hydrogen-bond acceptors (Lipinski definition) is 5. The van der Waals surface area contributed by atoms with Crippen molar-refractivity contribution in [2.45, 2.75) is 40.3 Å². The van der Waals surface area contributed by atoms with E-state index >= 15 is 0 Å². The molecule has 8 nitrogen and oxygen atoms in total. The van der Waals surface area contributed by atoms with Gasteiger partial charge in [0.2, 0.25) is 5.91 Å². The van der Waals surface area contributed by atoms with E-state index in [1.807, 2.05) is 56.3 Å². The standard InChI is InChI=1S/C23H31N3O5/c1-4-13-25(23(29)24-14-22(28)30-5-2)17-21(27)26(15-19-9-7-6-8-10-19)16-20-12-11-18(3)31-20/h6-12H,4-5,13-17H2,1-3H3,(H,24,29). The van der Waals surface area contributed by atoms with Crippen LogP contribution in [-0.2, 0) is 27.4 Å². The first kappa shape index (κ1) is 24.0. The molecule has 3 amide bonds. The molecule has 0 unspecified atom stereocenters. The number of amides is 3. The molecule has 1 aromatic carbocycles. The molecule has 0 spiro atoms. The number of aryl methyl sites for hydroxylation is 1. The highest BCUT2D eigenvalue weighted by Gasteiger charge is 2.22. The number of hydrogen-bond donors (Lipinski definition) is 1. The van der Waals surface area contributed by atoms with Crippen LogP contribution in [-0.4, -0.2) is 53.9 Å². The summed E-state index contributed by atoms with van der Waals surface area (Å²) in [5.74, 6) is 0.721. The van der Waals surface area contributed by atoms with Crippen molar-refractivity contribution in [1.29, 1.82) is 0 Å². The number of rotatable bonds is 11. The van der Waals surface area contributed by atoms with Crippen LogP contribution in [0.3, 0.4) is 0 Å². The number of nitrogens with one attached hydrogen (secondary N) is 1. The second-order valence-electron chi connectivity index (χ2n) is 7.13. The average molecular weight is 430 g/mol. The molecule has 1 N–H and O–H groups in total. The van der Waals surface area contributed by atoms with Gasteiger partial charge in [0.25, 0.3) is 0 Å². The monoisotopic (exact) mass is 429 g/mol. The maximum atomic E-state index is 13.2. The number of carbonyl (C=O) groups excluding carboxylic acids is 3. The quantitative estimate of drug-likeness (QED) is 0.554. The van der Waals surface area contributed by atoms with E-state index in [4.69, 9.17) is 9.15 Å². The van der Waals surface area contributed by atoms with Gasteiger partial charge in [0.05, 0.1) is 13.2 Å². The minimum atomic E-state index is -0.516. The van der Waals surface area contributed by atoms with Crippen LogP contribution in [0, 0.1) is 6.92 Å². The van der Waals surface area contributed by atoms with Crippen molar-refractivity contribution in [3.63, 3.8) is 0 Å². The third-order valence-corrected chi connectivity index (χ3v) is 4.51. The van der Waals surface area contributed by atoms with Crippen LogP contribution in [0.5, 0.6) is 0 Å². The Morgan fingerprint density at radius 3 is 2.35 bits per heavy atom. The van der Waals surface area contributed by atoms with Crippen molar-refractivity contribution in [2.24, 2.45) is 0 Å². The third-order valence-electron chi connectivity index (χ3n) is 4.51. The van der Waals surface area contributed by atoms with Gasteiger partial charge >= 0.3 is 12.0 Å². The minimum Gasteiger partial charge on any atom is -0.465 e. The highest BCUT2D eigenvalue weighted by atomic mass is 16.5. The molecule has 0 aliphatic heterocycles. The van der Waals surface area contributed by atoms with Crippen molar-refractivity contribution < 1.29 is 23.5 Å². The van der Waals surface area contributed by atoms with Gasteiger partial charge in [-0.1, -0.05) is 37.3 Å². The van der Waals surface area contributed by atoms with Crippen LogP contribution >= 0.6 is 0 Å². The summed E-state index contributed by atoms with van der Waals surface area (Å²) in [5, 5.41) is 2.52. The Balaban J connectivity index is 2.08. The highest BCUT2D eigenvalue weighted by molar-refractivity contribution is 5.86. The molecular weight excluding hydrogens is 398 g/mol. The fourth-order valence-corrected chi connectivity index (χ4v) is 3.05. The topological polar surface area (TPSA) is 92.1 Å². The highest BCUT2D eigenvalue weighted by Crippen LogP contribution is 2.14. The first-order chi connectivity index (χ1) is 14.9. The largest absolute Gasteiger partial charge is 0.465 e. The molecule has 0 saturated carbocycles. The Kier molecular flexibility index (Phi) is 9.61. The molecule has 0 atom stereocenters. The summed E-state index contributed by atoms with van der Waals surface area (Å²) in [4.78, 5) is 40.3. The first-order valence-electron chi connectivity index (χ1n) is 10.5. The number of benzene rings is 1. The molecule has 168 valence electrons. The molecule has 2 aromatic rings. The molecule has 0 bridgehead atoms. The van der Waals surface area contributed by atoms with Gasteiger partial charge in [0.1, 0.15) is 24.6 Å². The first-order valence-corrected chi connectivity index (χ1v) is 10.5. The number of furan rings is 1. The molecule has 1 heterocycles. The minimum absolute atomic E-state index is 0.102. The summed E-state index contributed by atoms with van der Waals surface area (Å²) in [6.07, 6.45) is 0.677. The van der Waals surface area contributed by atoms with Gasteiger partial charge < -0.3 is 24.3 Å². The van der Waals surface area contributed by atoms with Gasteiger partial charge in [-0.3, -0.25) is 9.59 Å². The Labute approximate surface area is 183 Å². The van der Waals surface area contributed by atoms with Crippen molar-refractivity contribution in [3.8, 4) is 0 Å². The zero-order valence-corrected chi connectivity index (χ0v) is 18.4. The zero-order valence-electron chi connectivity index (χ0n) is 18.4. The van der Waals surface area contributed by atoms with E-state index < -0.39 is 12.0 Å². The molecule has 31 heavy (non-hydrogen) atoms. The van der Waals surface area contributed by atoms with Gasteiger partial charge in [0.15, 0.2) is 0 Å². The summed E-state index contributed by atoms with van der Waals surface area (Å²) in [6.45, 7) is 6.45. The predicted octanol–water partition coefficient (Wildman–Crippen LogP) is 3.10. The van der Waals surface area contributed by atoms with Crippen molar-refractivity contribution in [1.82, 2.24) is 15.1 Å². The predicted molar refractivity (Wildman–Crippen MR) is 116 cm³/mol. The third kappa shape index (κ3) is 8.16. The average Bonchev–Trinajstić information content (AvgIpc) is 3.16. The van der Waals surface area contributed by atoms with Crippen LogP contribution in [0.25, 0.3) is 0 Å². The molecule has 0 fully saturated rings. The SMILES string of the molecule is CCCN(CC(=O)N(Cc1ccccc1)Cc1ccc(C)o1)C(=O)NCC(=O)OCC. The summed E-state index contributed by atoms with van der Waals surface area (Å²) in [6, 6.07) is 12.9. The summed E-state index contributed by atoms with van der Waals surface area (Å²) < 4.78 is 10.5. The van der Waals surface area contributed by atoms with Gasteiger partial charge in [0, 0.05) is 13.1 Å². The lowest BCUT2D eigenvalue weighted by molar-refractivity contribution is -0.141. The second kappa shape index (κ2) is 12.4. The maximum absolute atomic E-state index is 13.2. The van der Waals surface area contributed by atoms with E-state index in [-0.39, 0.29) is 25.6 Å². The van der Waals surface area contributed by atoms with Crippen LogP contribution in [0.1, 0.15) is 37.4 Å². The van der Waals surface area contributed by atoms with Gasteiger partial charge in [-0.05, 0) is 38.0 Å². The van der Waals surface area contributed by atoms with Crippen LogP contribution in [0.4, 0.5) is 4.79 Å². The molecule has 0 aliphatic carbocycles.